The van der Waals surface area contributed by atoms with Crippen molar-refractivity contribution in [2.45, 2.75) is 0 Å². The maximum atomic E-state index is 12.9. The van der Waals surface area contributed by atoms with Gasteiger partial charge in [-0.05, 0) is 23.8 Å². The van der Waals surface area contributed by atoms with Crippen molar-refractivity contribution < 1.29 is 9.18 Å². The number of hydrogen-bond donors (Lipinski definition) is 1. The molecule has 0 bridgehead atoms. The Kier molecular flexibility index (Phi) is 3.14. The summed E-state index contributed by atoms with van der Waals surface area (Å²) >= 11 is 0. The zero-order valence-corrected chi connectivity index (χ0v) is 8.93. The van der Waals surface area contributed by atoms with Crippen molar-refractivity contribution in [1.29, 1.82) is 0 Å². The zero-order chi connectivity index (χ0) is 12.3. The number of primary amides is 1. The van der Waals surface area contributed by atoms with Crippen molar-refractivity contribution in [3.63, 3.8) is 0 Å². The smallest absolute Gasteiger partial charge is 0.249 e. The van der Waals surface area contributed by atoms with E-state index in [9.17, 15) is 9.18 Å². The Morgan fingerprint density at radius 2 is 1.94 bits per heavy atom. The Balaban J connectivity index is 2.33. The van der Waals surface area contributed by atoms with Crippen LogP contribution in [0.15, 0.2) is 42.5 Å². The normalized spacial score (nSPS) is 10.2. The van der Waals surface area contributed by atoms with E-state index in [0.29, 0.717) is 16.8 Å². The lowest BCUT2D eigenvalue weighted by atomic mass is 10.0. The van der Waals surface area contributed by atoms with Gasteiger partial charge >= 0.3 is 0 Å². The maximum absolute atomic E-state index is 12.9. The highest BCUT2D eigenvalue weighted by molar-refractivity contribution is 5.94. The molecule has 4 heteroatoms. The lowest BCUT2D eigenvalue weighted by Crippen LogP contribution is -2.13. The summed E-state index contributed by atoms with van der Waals surface area (Å²) in [7, 11) is 0. The second-order valence-electron chi connectivity index (χ2n) is 3.48. The first-order valence-electron chi connectivity index (χ1n) is 5.03. The molecule has 0 aliphatic carbocycles. The van der Waals surface area contributed by atoms with Gasteiger partial charge in [-0.3, -0.25) is 4.79 Å². The summed E-state index contributed by atoms with van der Waals surface area (Å²) in [6.45, 7) is 0. The Bertz CT molecular complexity index is 555. The van der Waals surface area contributed by atoms with Gasteiger partial charge < -0.3 is 5.73 Å². The predicted octanol–water partition coefficient (Wildman–Crippen LogP) is 1.92. The van der Waals surface area contributed by atoms with E-state index in [2.05, 4.69) is 4.98 Å². The fourth-order valence-corrected chi connectivity index (χ4v) is 1.51. The molecule has 1 heterocycles. The maximum Gasteiger partial charge on any atom is 0.249 e. The number of aromatic nitrogens is 1. The highest BCUT2D eigenvalue weighted by Crippen LogP contribution is 2.14. The number of hydrogen-bond acceptors (Lipinski definition) is 2. The van der Waals surface area contributed by atoms with E-state index in [4.69, 9.17) is 5.73 Å². The molecule has 2 aromatic rings. The van der Waals surface area contributed by atoms with Gasteiger partial charge in [0.05, 0.1) is 5.69 Å². The summed E-state index contributed by atoms with van der Waals surface area (Å²) in [6, 6.07) is 11.3. The second-order valence-corrected chi connectivity index (χ2v) is 3.48. The quantitative estimate of drug-likeness (QED) is 0.817. The van der Waals surface area contributed by atoms with E-state index in [1.807, 2.05) is 0 Å². The largest absolute Gasteiger partial charge is 0.366 e. The average molecular weight is 229 g/mol. The van der Waals surface area contributed by atoms with E-state index >= 15 is 0 Å². The number of halogens is 1. The van der Waals surface area contributed by atoms with Crippen LogP contribution in [0.25, 0.3) is 0 Å². The van der Waals surface area contributed by atoms with Crippen LogP contribution in [-0.4, -0.2) is 10.9 Å². The molecule has 0 aliphatic heterocycles. The van der Waals surface area contributed by atoms with Gasteiger partial charge in [-0.1, -0.05) is 24.3 Å². The van der Waals surface area contributed by atoms with Gasteiger partial charge in [0, 0.05) is 12.0 Å². The fraction of sp³-hybridized carbons (Fsp3) is 0. The van der Waals surface area contributed by atoms with Crippen LogP contribution in [0.3, 0.4) is 0 Å². The van der Waals surface area contributed by atoms with Crippen molar-refractivity contribution in [3.8, 4) is 0 Å². The standard InChI is InChI=1S/C13H10FN2O/c14-12-7-3-5-10(16-12)8-9-4-1-2-6-11(9)13(15)17/h1-8H,(H2,15,17). The molecule has 0 saturated heterocycles. The van der Waals surface area contributed by atoms with E-state index in [0.717, 1.165) is 0 Å². The third kappa shape index (κ3) is 2.66. The Labute approximate surface area is 98.1 Å². The average Bonchev–Trinajstić information content (AvgIpc) is 2.29. The molecular weight excluding hydrogens is 219 g/mol. The van der Waals surface area contributed by atoms with Crippen LogP contribution in [0.2, 0.25) is 0 Å². The molecule has 0 spiro atoms. The molecule has 17 heavy (non-hydrogen) atoms. The number of benzene rings is 1. The number of nitrogens with two attached hydrogens (primary N) is 1. The Hall–Kier alpha value is -2.23. The highest BCUT2D eigenvalue weighted by atomic mass is 19.1. The fourth-order valence-electron chi connectivity index (χ4n) is 1.51. The van der Waals surface area contributed by atoms with Crippen molar-refractivity contribution in [2.75, 3.05) is 0 Å². The van der Waals surface area contributed by atoms with Crippen LogP contribution in [-0.2, 0) is 0 Å². The van der Waals surface area contributed by atoms with E-state index < -0.39 is 11.9 Å². The van der Waals surface area contributed by atoms with Gasteiger partial charge in [-0.15, -0.1) is 0 Å². The number of pyridine rings is 1. The molecule has 0 aliphatic rings. The highest BCUT2D eigenvalue weighted by Gasteiger charge is 2.08. The molecule has 1 radical (unpaired) electrons. The number of carbonyl (C=O) groups excluding carboxylic acids is 1. The van der Waals surface area contributed by atoms with Gasteiger partial charge in [0.15, 0.2) is 0 Å². The lowest BCUT2D eigenvalue weighted by molar-refractivity contribution is 0.1000. The molecule has 1 amide bonds. The molecule has 0 fully saturated rings. The van der Waals surface area contributed by atoms with Crippen LogP contribution in [0.5, 0.6) is 0 Å². The molecule has 2 rings (SSSR count). The molecule has 2 N–H and O–H groups in total. The van der Waals surface area contributed by atoms with Crippen molar-refractivity contribution in [1.82, 2.24) is 4.98 Å². The van der Waals surface area contributed by atoms with Crippen molar-refractivity contribution in [2.24, 2.45) is 5.73 Å². The first-order valence-corrected chi connectivity index (χ1v) is 5.03. The van der Waals surface area contributed by atoms with Crippen LogP contribution < -0.4 is 5.73 Å². The first-order chi connectivity index (χ1) is 8.16. The molecule has 0 saturated carbocycles. The molecular formula is C13H10FN2O. The summed E-state index contributed by atoms with van der Waals surface area (Å²) in [5.74, 6) is -1.08. The number of carbonyl (C=O) groups is 1. The molecule has 1 aromatic heterocycles. The Morgan fingerprint density at radius 3 is 2.65 bits per heavy atom. The predicted molar refractivity (Wildman–Crippen MR) is 61.7 cm³/mol. The van der Waals surface area contributed by atoms with Gasteiger partial charge in [0.25, 0.3) is 0 Å². The summed E-state index contributed by atoms with van der Waals surface area (Å²) in [5, 5.41) is 0. The van der Waals surface area contributed by atoms with Crippen LogP contribution in [0.4, 0.5) is 4.39 Å². The lowest BCUT2D eigenvalue weighted by Gasteiger charge is -2.05. The number of nitrogens with zero attached hydrogens (tertiary/aromatic N) is 1. The number of rotatable bonds is 3. The third-order valence-electron chi connectivity index (χ3n) is 2.27. The Morgan fingerprint density at radius 1 is 1.18 bits per heavy atom. The molecule has 85 valence electrons. The molecule has 0 unspecified atom stereocenters. The SMILES string of the molecule is NC(=O)c1ccccc1[CH]c1cccc(F)n1. The zero-order valence-electron chi connectivity index (χ0n) is 8.93. The minimum atomic E-state index is -0.560. The van der Waals surface area contributed by atoms with Crippen LogP contribution in [0, 0.1) is 12.4 Å². The van der Waals surface area contributed by atoms with E-state index in [1.165, 1.54) is 6.07 Å². The minimum Gasteiger partial charge on any atom is -0.366 e. The van der Waals surface area contributed by atoms with Gasteiger partial charge in [0.2, 0.25) is 11.9 Å². The number of amides is 1. The molecule has 1 aromatic carbocycles. The van der Waals surface area contributed by atoms with Gasteiger partial charge in [0.1, 0.15) is 0 Å². The van der Waals surface area contributed by atoms with Gasteiger partial charge in [-0.2, -0.15) is 4.39 Å². The monoisotopic (exact) mass is 229 g/mol. The van der Waals surface area contributed by atoms with E-state index in [-0.39, 0.29) is 0 Å². The molecule has 0 atom stereocenters. The van der Waals surface area contributed by atoms with Crippen LogP contribution in [0.1, 0.15) is 21.6 Å². The summed E-state index contributed by atoms with van der Waals surface area (Å²) in [4.78, 5) is 14.9. The van der Waals surface area contributed by atoms with Crippen LogP contribution >= 0.6 is 0 Å². The first kappa shape index (κ1) is 11.3. The van der Waals surface area contributed by atoms with E-state index in [1.54, 1.807) is 42.8 Å². The third-order valence-corrected chi connectivity index (χ3v) is 2.27. The van der Waals surface area contributed by atoms with Crippen molar-refractivity contribution >= 4 is 5.91 Å². The summed E-state index contributed by atoms with van der Waals surface area (Å²) in [5.41, 5.74) is 6.70. The summed E-state index contributed by atoms with van der Waals surface area (Å²) < 4.78 is 12.9. The second kappa shape index (κ2) is 4.74. The summed E-state index contributed by atoms with van der Waals surface area (Å²) in [6.07, 6.45) is 1.61. The van der Waals surface area contributed by atoms with Gasteiger partial charge in [-0.25, -0.2) is 4.98 Å². The van der Waals surface area contributed by atoms with Crippen molar-refractivity contribution in [3.05, 3.63) is 71.7 Å². The topological polar surface area (TPSA) is 56.0 Å². The molecule has 3 nitrogen and oxygen atoms in total. The minimum absolute atomic E-state index is 0.388.